The summed E-state index contributed by atoms with van der Waals surface area (Å²) in [5.74, 6) is 0.237. The third-order valence-corrected chi connectivity index (χ3v) is 4.60. The molecule has 2 aromatic rings. The van der Waals surface area contributed by atoms with Crippen molar-refractivity contribution in [1.82, 2.24) is 5.32 Å². The van der Waals surface area contributed by atoms with Gasteiger partial charge in [0, 0.05) is 10.5 Å². The maximum absolute atomic E-state index is 12.4. The van der Waals surface area contributed by atoms with Crippen molar-refractivity contribution in [2.45, 2.75) is 17.9 Å². The van der Waals surface area contributed by atoms with E-state index in [0.29, 0.717) is 17.0 Å². The first-order valence-electron chi connectivity index (χ1n) is 7.06. The van der Waals surface area contributed by atoms with Crippen LogP contribution in [0.15, 0.2) is 53.4 Å². The van der Waals surface area contributed by atoms with Gasteiger partial charge >= 0.3 is 0 Å². The van der Waals surface area contributed by atoms with Crippen LogP contribution in [0, 0.1) is 0 Å². The van der Waals surface area contributed by atoms with E-state index >= 15 is 0 Å². The van der Waals surface area contributed by atoms with Crippen molar-refractivity contribution >= 4 is 29.3 Å². The second kappa shape index (κ2) is 6.23. The summed E-state index contributed by atoms with van der Waals surface area (Å²) in [7, 11) is 0. The van der Waals surface area contributed by atoms with E-state index in [1.54, 1.807) is 12.1 Å². The number of thioether (sulfide) groups is 1. The van der Waals surface area contributed by atoms with Crippen LogP contribution in [0.4, 0.5) is 5.69 Å². The molecule has 0 unspecified atom stereocenters. The van der Waals surface area contributed by atoms with Crippen LogP contribution in [-0.2, 0) is 4.79 Å². The molecule has 2 N–H and O–H groups in total. The molecule has 0 aromatic heterocycles. The minimum atomic E-state index is -0.149. The monoisotopic (exact) mass is 312 g/mol. The van der Waals surface area contributed by atoms with Crippen molar-refractivity contribution in [2.75, 3.05) is 11.1 Å². The summed E-state index contributed by atoms with van der Waals surface area (Å²) in [5.41, 5.74) is 2.31. The zero-order chi connectivity index (χ0) is 15.5. The van der Waals surface area contributed by atoms with Gasteiger partial charge in [-0.3, -0.25) is 9.59 Å². The number of nitrogens with one attached hydrogen (secondary N) is 2. The summed E-state index contributed by atoms with van der Waals surface area (Å²) in [6.45, 7) is 1.95. The maximum atomic E-state index is 12.4. The van der Waals surface area contributed by atoms with Crippen LogP contribution >= 0.6 is 11.8 Å². The molecule has 2 aromatic carbocycles. The Kier molecular flexibility index (Phi) is 4.15. The smallest absolute Gasteiger partial charge is 0.251 e. The number of hydrogen-bond acceptors (Lipinski definition) is 3. The Labute approximate surface area is 133 Å². The predicted octanol–water partition coefficient (Wildman–Crippen LogP) is 3.22. The van der Waals surface area contributed by atoms with Gasteiger partial charge in [-0.2, -0.15) is 0 Å². The molecule has 1 aliphatic heterocycles. The van der Waals surface area contributed by atoms with E-state index in [4.69, 9.17) is 0 Å². The maximum Gasteiger partial charge on any atom is 0.251 e. The van der Waals surface area contributed by atoms with E-state index in [1.165, 1.54) is 11.8 Å². The number of fused-ring (bicyclic) bond motifs is 1. The van der Waals surface area contributed by atoms with Gasteiger partial charge in [0.1, 0.15) is 0 Å². The molecule has 1 atom stereocenters. The van der Waals surface area contributed by atoms with Crippen molar-refractivity contribution < 1.29 is 9.59 Å². The fourth-order valence-corrected chi connectivity index (χ4v) is 3.12. The van der Waals surface area contributed by atoms with Gasteiger partial charge in [-0.1, -0.05) is 30.3 Å². The second-order valence-electron chi connectivity index (χ2n) is 5.15. The summed E-state index contributed by atoms with van der Waals surface area (Å²) < 4.78 is 0. The van der Waals surface area contributed by atoms with Crippen LogP contribution < -0.4 is 10.6 Å². The SMILES string of the molecule is C[C@H](NC(=O)c1ccc2c(c1)NC(=O)CS2)c1ccccc1. The van der Waals surface area contributed by atoms with Crippen LogP contribution in [0.1, 0.15) is 28.9 Å². The average Bonchev–Trinajstić information content (AvgIpc) is 2.54. The molecule has 5 heteroatoms. The molecule has 0 saturated carbocycles. The highest BCUT2D eigenvalue weighted by molar-refractivity contribution is 8.00. The summed E-state index contributed by atoms with van der Waals surface area (Å²) >= 11 is 1.48. The Morgan fingerprint density at radius 2 is 2.00 bits per heavy atom. The van der Waals surface area contributed by atoms with Gasteiger partial charge in [-0.25, -0.2) is 0 Å². The lowest BCUT2D eigenvalue weighted by atomic mass is 10.1. The number of anilines is 1. The molecular weight excluding hydrogens is 296 g/mol. The average molecular weight is 312 g/mol. The van der Waals surface area contributed by atoms with E-state index in [9.17, 15) is 9.59 Å². The number of hydrogen-bond donors (Lipinski definition) is 2. The van der Waals surface area contributed by atoms with Crippen LogP contribution in [0.5, 0.6) is 0 Å². The number of carbonyl (C=O) groups excluding carboxylic acids is 2. The summed E-state index contributed by atoms with van der Waals surface area (Å²) in [5, 5.41) is 5.77. The van der Waals surface area contributed by atoms with Gasteiger partial charge in [0.2, 0.25) is 5.91 Å². The van der Waals surface area contributed by atoms with Gasteiger partial charge in [-0.05, 0) is 30.7 Å². The van der Waals surface area contributed by atoms with Crippen molar-refractivity contribution in [3.05, 3.63) is 59.7 Å². The zero-order valence-corrected chi connectivity index (χ0v) is 12.9. The fourth-order valence-electron chi connectivity index (χ4n) is 2.33. The normalized spacial score (nSPS) is 14.7. The van der Waals surface area contributed by atoms with Crippen LogP contribution in [-0.4, -0.2) is 17.6 Å². The molecule has 1 heterocycles. The molecular formula is C17H16N2O2S. The van der Waals surface area contributed by atoms with Crippen molar-refractivity contribution in [1.29, 1.82) is 0 Å². The van der Waals surface area contributed by atoms with Gasteiger partial charge < -0.3 is 10.6 Å². The standard InChI is InChI=1S/C17H16N2O2S/c1-11(12-5-3-2-4-6-12)18-17(21)13-7-8-15-14(9-13)19-16(20)10-22-15/h2-9,11H,10H2,1H3,(H,18,21)(H,19,20)/t11-/m0/s1. The molecule has 1 aliphatic rings. The molecule has 2 amide bonds. The van der Waals surface area contributed by atoms with E-state index < -0.39 is 0 Å². The molecule has 0 fully saturated rings. The van der Waals surface area contributed by atoms with E-state index in [1.807, 2.05) is 43.3 Å². The van der Waals surface area contributed by atoms with E-state index in [0.717, 1.165) is 10.5 Å². The van der Waals surface area contributed by atoms with Crippen LogP contribution in [0.3, 0.4) is 0 Å². The number of rotatable bonds is 3. The topological polar surface area (TPSA) is 58.2 Å². The molecule has 0 radical (unpaired) electrons. The van der Waals surface area contributed by atoms with Crippen molar-refractivity contribution in [3.8, 4) is 0 Å². The quantitative estimate of drug-likeness (QED) is 0.915. The zero-order valence-electron chi connectivity index (χ0n) is 12.1. The number of benzene rings is 2. The first-order valence-corrected chi connectivity index (χ1v) is 8.04. The molecule has 0 spiro atoms. The minimum absolute atomic E-state index is 0.0345. The highest BCUT2D eigenvalue weighted by Gasteiger charge is 2.18. The Balaban J connectivity index is 1.75. The third-order valence-electron chi connectivity index (χ3n) is 3.52. The van der Waals surface area contributed by atoms with Gasteiger partial charge in [0.05, 0.1) is 17.5 Å². The highest BCUT2D eigenvalue weighted by Crippen LogP contribution is 2.32. The van der Waals surface area contributed by atoms with Crippen molar-refractivity contribution in [2.24, 2.45) is 0 Å². The molecule has 0 saturated heterocycles. The van der Waals surface area contributed by atoms with Crippen LogP contribution in [0.25, 0.3) is 0 Å². The van der Waals surface area contributed by atoms with E-state index in [-0.39, 0.29) is 17.9 Å². The first-order chi connectivity index (χ1) is 10.6. The lowest BCUT2D eigenvalue weighted by Crippen LogP contribution is -2.27. The molecule has 22 heavy (non-hydrogen) atoms. The minimum Gasteiger partial charge on any atom is -0.346 e. The molecule has 0 bridgehead atoms. The molecule has 112 valence electrons. The number of amides is 2. The highest BCUT2D eigenvalue weighted by atomic mass is 32.2. The Bertz CT molecular complexity index is 716. The Morgan fingerprint density at radius 3 is 2.77 bits per heavy atom. The number of carbonyl (C=O) groups is 2. The second-order valence-corrected chi connectivity index (χ2v) is 6.17. The third kappa shape index (κ3) is 3.14. The first kappa shape index (κ1) is 14.7. The fraction of sp³-hybridized carbons (Fsp3) is 0.176. The Morgan fingerprint density at radius 1 is 1.23 bits per heavy atom. The van der Waals surface area contributed by atoms with Gasteiger partial charge in [-0.15, -0.1) is 11.8 Å². The molecule has 0 aliphatic carbocycles. The summed E-state index contributed by atoms with van der Waals surface area (Å²) in [6.07, 6.45) is 0. The van der Waals surface area contributed by atoms with E-state index in [2.05, 4.69) is 10.6 Å². The largest absolute Gasteiger partial charge is 0.346 e. The molecule has 3 rings (SSSR count). The van der Waals surface area contributed by atoms with Crippen LogP contribution in [0.2, 0.25) is 0 Å². The molecule has 4 nitrogen and oxygen atoms in total. The van der Waals surface area contributed by atoms with Crippen molar-refractivity contribution in [3.63, 3.8) is 0 Å². The predicted molar refractivity (Wildman–Crippen MR) is 88.1 cm³/mol. The summed E-state index contributed by atoms with van der Waals surface area (Å²) in [6, 6.07) is 15.1. The lowest BCUT2D eigenvalue weighted by Gasteiger charge is -2.18. The lowest BCUT2D eigenvalue weighted by molar-refractivity contribution is -0.113. The Hall–Kier alpha value is -2.27. The van der Waals surface area contributed by atoms with Gasteiger partial charge in [0.25, 0.3) is 5.91 Å². The van der Waals surface area contributed by atoms with Gasteiger partial charge in [0.15, 0.2) is 0 Å². The summed E-state index contributed by atoms with van der Waals surface area (Å²) in [4.78, 5) is 24.8.